The first kappa shape index (κ1) is 69.3. The Balaban J connectivity index is 0.000000432. The minimum absolute atomic E-state index is 0.102. The number of carbonyl (C=O) groups is 7. The van der Waals surface area contributed by atoms with Crippen molar-refractivity contribution in [2.45, 2.75) is 221 Å². The second-order valence-corrected chi connectivity index (χ2v) is 23.5. The van der Waals surface area contributed by atoms with Crippen LogP contribution < -0.4 is 21.7 Å². The maximum Gasteiger partial charge on any atom is 0.519 e. The molecule has 2 saturated heterocycles. The number of nitrogens with one attached hydrogen (secondary N) is 3. The first-order valence-corrected chi connectivity index (χ1v) is 28.3. The predicted octanol–water partition coefficient (Wildman–Crippen LogP) is 7.66. The zero-order valence-electron chi connectivity index (χ0n) is 50.0. The molecule has 448 valence electrons. The van der Waals surface area contributed by atoms with Crippen molar-refractivity contribution in [3.8, 4) is 0 Å². The van der Waals surface area contributed by atoms with Gasteiger partial charge in [-0.25, -0.2) is 24.0 Å². The summed E-state index contributed by atoms with van der Waals surface area (Å²) in [7, 11) is 0. The molecule has 2 aliphatic heterocycles. The van der Waals surface area contributed by atoms with Gasteiger partial charge in [0, 0.05) is 63.8 Å². The van der Waals surface area contributed by atoms with Gasteiger partial charge in [0.2, 0.25) is 11.8 Å². The number of hydrogen-bond donors (Lipinski definition) is 4. The van der Waals surface area contributed by atoms with E-state index in [0.29, 0.717) is 42.6 Å². The number of alkyl carbamates (subject to hydrolysis) is 1. The molecule has 3 amide bonds. The lowest BCUT2D eigenvalue weighted by Crippen LogP contribution is -2.64. The van der Waals surface area contributed by atoms with E-state index in [0.717, 1.165) is 97.4 Å². The number of carbonyl (C=O) groups excluding carboxylic acids is 7. The van der Waals surface area contributed by atoms with Crippen LogP contribution in [0.3, 0.4) is 0 Å². The van der Waals surface area contributed by atoms with Gasteiger partial charge in [0.05, 0.1) is 56.6 Å². The molecular weight excluding hydrogens is 1010 g/mol. The molecule has 78 heavy (non-hydrogen) atoms. The maximum atomic E-state index is 12.7. The Morgan fingerprint density at radius 1 is 0.590 bits per heavy atom. The molecule has 0 aromatic rings. The highest BCUT2D eigenvalue weighted by molar-refractivity contribution is 5.90. The second kappa shape index (κ2) is 34.3. The van der Waals surface area contributed by atoms with Gasteiger partial charge in [-0.15, -0.1) is 0 Å². The van der Waals surface area contributed by atoms with Crippen LogP contribution >= 0.6 is 0 Å². The third kappa shape index (κ3) is 27.9. The van der Waals surface area contributed by atoms with E-state index >= 15 is 0 Å². The standard InChI is InChI=1S/C26H45N3O6.C21H37N3O4.C10H18O5/c1-7-9-13-33-17-19-11-10-12-29(16-19)22-15-20(24(31)34-8-2)14-21(23(22)27-18(3)30)28-25(32)35-26(4,5)6;1-4-6-10-27-14-16-8-7-9-24(13-16)19-12-17(21(26)28-5-2)11-18(22)20(19)23-15(3)25;1-9(2,3)14-7(11)13-8(12)15-10(4,5)6/h15,19,21-23H,7-14,16-17H2,1-6H3,(H,27,30)(H,28,32);12,16,18-20H,4-11,13-14,22H2,1-3H3,(H,23,25);1-6H3/t19-,21-,22+,23+;16-,18-,19+,20+;/m00./s1. The van der Waals surface area contributed by atoms with Crippen molar-refractivity contribution in [2.75, 3.05) is 65.8 Å². The van der Waals surface area contributed by atoms with Crippen LogP contribution in [0.4, 0.5) is 14.4 Å². The number of nitrogens with two attached hydrogens (primary N) is 1. The lowest BCUT2D eigenvalue weighted by molar-refractivity contribution is -0.139. The minimum atomic E-state index is -1.06. The van der Waals surface area contributed by atoms with E-state index < -0.39 is 53.3 Å². The molecule has 0 radical (unpaired) electrons. The fraction of sp³-hybridized carbons (Fsp3) is 0.807. The van der Waals surface area contributed by atoms with Crippen molar-refractivity contribution in [2.24, 2.45) is 17.6 Å². The number of amides is 3. The van der Waals surface area contributed by atoms with Crippen LogP contribution in [0.1, 0.15) is 168 Å². The number of nitrogens with zero attached hydrogens (tertiary/aromatic N) is 2. The first-order valence-electron chi connectivity index (χ1n) is 28.3. The van der Waals surface area contributed by atoms with Crippen molar-refractivity contribution in [1.29, 1.82) is 0 Å². The Hall–Kier alpha value is -4.83. The maximum absolute atomic E-state index is 12.7. The SMILES string of the molecule is CC(C)(C)OC(=O)OC(=O)OC(C)(C)C.CCCCOC[C@H]1CCCN([C@@H]2C=C(C(=O)OCC)C[C@H](N)[C@H]2NC(C)=O)C1.CCCCOC[C@H]1CCCN([C@@H]2C=C(C(=O)OCC)C[C@H](NC(=O)OC(C)(C)C)[C@H]2NC(C)=O)C1. The average molecular weight is 1110 g/mol. The molecule has 5 N–H and O–H groups in total. The van der Waals surface area contributed by atoms with Crippen LogP contribution in [0.25, 0.3) is 0 Å². The molecule has 2 aliphatic carbocycles. The largest absolute Gasteiger partial charge is 0.519 e. The summed E-state index contributed by atoms with van der Waals surface area (Å²) < 4.78 is 41.5. The molecule has 0 aromatic carbocycles. The summed E-state index contributed by atoms with van der Waals surface area (Å²) in [4.78, 5) is 88.3. The molecule has 0 bridgehead atoms. The fourth-order valence-corrected chi connectivity index (χ4v) is 9.47. The smallest absolute Gasteiger partial charge is 0.463 e. The lowest BCUT2D eigenvalue weighted by atomic mass is 9.84. The fourth-order valence-electron chi connectivity index (χ4n) is 9.47. The summed E-state index contributed by atoms with van der Waals surface area (Å²) in [5.74, 6) is -0.166. The Kier molecular flexibility index (Phi) is 30.5. The van der Waals surface area contributed by atoms with Gasteiger partial charge >= 0.3 is 30.3 Å². The number of hydrogen-bond acceptors (Lipinski definition) is 18. The molecule has 4 aliphatic rings. The topological polar surface area (TPSA) is 262 Å². The van der Waals surface area contributed by atoms with E-state index in [2.05, 4.69) is 44.3 Å². The molecule has 4 rings (SSSR count). The van der Waals surface area contributed by atoms with Gasteiger partial charge in [0.25, 0.3) is 0 Å². The lowest BCUT2D eigenvalue weighted by Gasteiger charge is -2.45. The highest BCUT2D eigenvalue weighted by Crippen LogP contribution is 2.30. The Morgan fingerprint density at radius 3 is 1.40 bits per heavy atom. The van der Waals surface area contributed by atoms with Crippen LogP contribution in [0.2, 0.25) is 0 Å². The summed E-state index contributed by atoms with van der Waals surface area (Å²) >= 11 is 0. The Labute approximate surface area is 465 Å². The van der Waals surface area contributed by atoms with Gasteiger partial charge in [0.1, 0.15) is 16.8 Å². The summed E-state index contributed by atoms with van der Waals surface area (Å²) in [6, 6.07) is -1.85. The van der Waals surface area contributed by atoms with Gasteiger partial charge in [0.15, 0.2) is 0 Å². The van der Waals surface area contributed by atoms with Crippen LogP contribution in [0.5, 0.6) is 0 Å². The highest BCUT2D eigenvalue weighted by Gasteiger charge is 2.42. The van der Waals surface area contributed by atoms with E-state index in [1.165, 1.54) is 13.8 Å². The average Bonchev–Trinajstić information content (AvgIpc) is 3.31. The van der Waals surface area contributed by atoms with Crippen LogP contribution in [0, 0.1) is 11.8 Å². The van der Waals surface area contributed by atoms with E-state index in [-0.39, 0.29) is 55.0 Å². The molecule has 0 saturated carbocycles. The van der Waals surface area contributed by atoms with Crippen LogP contribution in [-0.2, 0) is 57.1 Å². The molecule has 21 nitrogen and oxygen atoms in total. The third-order valence-corrected chi connectivity index (χ3v) is 12.7. The molecule has 0 spiro atoms. The summed E-state index contributed by atoms with van der Waals surface area (Å²) in [6.07, 6.45) is 10.5. The number of esters is 2. The van der Waals surface area contributed by atoms with Gasteiger partial charge in [-0.05, 0) is 146 Å². The van der Waals surface area contributed by atoms with E-state index in [4.69, 9.17) is 38.9 Å². The number of piperidine rings is 2. The van der Waals surface area contributed by atoms with Gasteiger partial charge in [-0.3, -0.25) is 19.4 Å². The number of rotatable bonds is 19. The summed E-state index contributed by atoms with van der Waals surface area (Å²) in [5.41, 5.74) is 5.44. The number of ether oxygens (including phenoxy) is 8. The highest BCUT2D eigenvalue weighted by atomic mass is 16.8. The zero-order valence-corrected chi connectivity index (χ0v) is 50.0. The van der Waals surface area contributed by atoms with Crippen molar-refractivity contribution in [3.05, 3.63) is 23.3 Å². The number of unbranched alkanes of at least 4 members (excludes halogenated alkanes) is 2. The molecule has 8 atom stereocenters. The van der Waals surface area contributed by atoms with Gasteiger partial charge in [-0.1, -0.05) is 38.8 Å². The molecule has 0 unspecified atom stereocenters. The Morgan fingerprint density at radius 2 is 1.00 bits per heavy atom. The van der Waals surface area contributed by atoms with Gasteiger partial charge < -0.3 is 59.6 Å². The monoisotopic (exact) mass is 1110 g/mol. The molecular formula is C57H100N6O15. The van der Waals surface area contributed by atoms with E-state index in [1.54, 1.807) is 76.2 Å². The van der Waals surface area contributed by atoms with Crippen molar-refractivity contribution in [3.63, 3.8) is 0 Å². The zero-order chi connectivity index (χ0) is 58.8. The third-order valence-electron chi connectivity index (χ3n) is 12.7. The van der Waals surface area contributed by atoms with Crippen molar-refractivity contribution < 1.29 is 71.5 Å². The summed E-state index contributed by atoms with van der Waals surface area (Å²) in [6.45, 7) is 33.3. The quantitative estimate of drug-likeness (QED) is 0.0419. The van der Waals surface area contributed by atoms with E-state index in [1.807, 2.05) is 12.2 Å². The molecule has 2 fully saturated rings. The van der Waals surface area contributed by atoms with Crippen LogP contribution in [-0.4, -0.2) is 171 Å². The van der Waals surface area contributed by atoms with Crippen LogP contribution in [0.15, 0.2) is 23.3 Å². The van der Waals surface area contributed by atoms with E-state index in [9.17, 15) is 33.6 Å². The molecule has 0 aromatic heterocycles. The van der Waals surface area contributed by atoms with Gasteiger partial charge in [-0.2, -0.15) is 0 Å². The second-order valence-electron chi connectivity index (χ2n) is 23.5. The Bertz CT molecular complexity index is 1930. The minimum Gasteiger partial charge on any atom is -0.463 e. The normalized spacial score (nSPS) is 23.9. The first-order chi connectivity index (χ1) is 36.5. The number of likely N-dealkylation sites (tertiary alicyclic amines) is 2. The molecule has 21 heteroatoms. The summed E-state index contributed by atoms with van der Waals surface area (Å²) in [5, 5.41) is 8.96. The van der Waals surface area contributed by atoms with Crippen molar-refractivity contribution in [1.82, 2.24) is 25.8 Å². The predicted molar refractivity (Wildman–Crippen MR) is 296 cm³/mol. The van der Waals surface area contributed by atoms with Crippen molar-refractivity contribution >= 4 is 42.2 Å². The molecule has 2 heterocycles.